The van der Waals surface area contributed by atoms with Crippen LogP contribution in [0.3, 0.4) is 0 Å². The Labute approximate surface area is 203 Å². The summed E-state index contributed by atoms with van der Waals surface area (Å²) in [5.41, 5.74) is 2.75. The van der Waals surface area contributed by atoms with Gasteiger partial charge >= 0.3 is 6.18 Å². The van der Waals surface area contributed by atoms with E-state index in [2.05, 4.69) is 20.8 Å². The van der Waals surface area contributed by atoms with Gasteiger partial charge < -0.3 is 0 Å². The van der Waals surface area contributed by atoms with Crippen LogP contribution < -0.4 is 0 Å². The third-order valence-electron chi connectivity index (χ3n) is 6.85. The SMILES string of the molecule is CC(C)(C)C1=CC2(C(=O)C=C1)C(c1ccccc1)=C(c1ccccc1)c1cc(C(F)(F)F)ccc12. The van der Waals surface area contributed by atoms with Crippen molar-refractivity contribution in [3.05, 3.63) is 130 Å². The van der Waals surface area contributed by atoms with E-state index < -0.39 is 17.2 Å². The first-order chi connectivity index (χ1) is 16.5. The predicted molar refractivity (Wildman–Crippen MR) is 134 cm³/mol. The molecule has 0 radical (unpaired) electrons. The molecule has 0 aromatic heterocycles. The van der Waals surface area contributed by atoms with Gasteiger partial charge in [0.2, 0.25) is 0 Å². The lowest BCUT2D eigenvalue weighted by Gasteiger charge is -2.35. The van der Waals surface area contributed by atoms with Gasteiger partial charge in [0.15, 0.2) is 5.78 Å². The van der Waals surface area contributed by atoms with Gasteiger partial charge in [-0.3, -0.25) is 4.79 Å². The molecule has 2 aliphatic carbocycles. The highest BCUT2D eigenvalue weighted by atomic mass is 19.4. The average Bonchev–Trinajstić information content (AvgIpc) is 3.11. The molecular formula is C31H25F3O. The molecule has 0 bridgehead atoms. The molecule has 1 nitrogen and oxygen atoms in total. The number of hydrogen-bond donors (Lipinski definition) is 0. The summed E-state index contributed by atoms with van der Waals surface area (Å²) < 4.78 is 41.5. The maximum Gasteiger partial charge on any atom is 0.416 e. The highest BCUT2D eigenvalue weighted by Gasteiger charge is 2.51. The molecule has 176 valence electrons. The summed E-state index contributed by atoms with van der Waals surface area (Å²) in [6, 6.07) is 22.7. The van der Waals surface area contributed by atoms with Gasteiger partial charge in [-0.1, -0.05) is 99.7 Å². The lowest BCUT2D eigenvalue weighted by molar-refractivity contribution is -0.137. The van der Waals surface area contributed by atoms with E-state index in [1.54, 1.807) is 6.08 Å². The van der Waals surface area contributed by atoms with Crippen LogP contribution in [-0.4, -0.2) is 5.78 Å². The molecule has 0 aliphatic heterocycles. The molecule has 0 heterocycles. The summed E-state index contributed by atoms with van der Waals surface area (Å²) in [7, 11) is 0. The quantitative estimate of drug-likeness (QED) is 0.371. The molecule has 3 aromatic rings. The standard InChI is InChI=1S/C31H25F3O/c1-29(2,3)23-15-17-26(35)30(19-23)25-16-14-22(31(32,33)34)18-24(25)27(20-10-6-4-7-11-20)28(30)21-12-8-5-9-13-21/h4-19H,1-3H3. The highest BCUT2D eigenvalue weighted by Crippen LogP contribution is 2.57. The van der Waals surface area contributed by atoms with Crippen LogP contribution in [0.1, 0.15) is 48.6 Å². The summed E-state index contributed by atoms with van der Waals surface area (Å²) in [6.07, 6.45) is 0.890. The molecule has 5 rings (SSSR count). The second kappa shape index (κ2) is 7.94. The Kier molecular flexibility index (Phi) is 5.24. The average molecular weight is 471 g/mol. The summed E-state index contributed by atoms with van der Waals surface area (Å²) >= 11 is 0. The van der Waals surface area contributed by atoms with Crippen molar-refractivity contribution in [3.63, 3.8) is 0 Å². The molecule has 0 N–H and O–H groups in total. The Morgan fingerprint density at radius 3 is 1.91 bits per heavy atom. The van der Waals surface area contributed by atoms with Gasteiger partial charge in [0.05, 0.1) is 5.56 Å². The summed E-state index contributed by atoms with van der Waals surface area (Å²) in [4.78, 5) is 13.9. The van der Waals surface area contributed by atoms with Crippen molar-refractivity contribution in [1.82, 2.24) is 0 Å². The zero-order valence-electron chi connectivity index (χ0n) is 19.8. The minimum atomic E-state index is -4.50. The Morgan fingerprint density at radius 1 is 0.743 bits per heavy atom. The van der Waals surface area contributed by atoms with E-state index in [-0.39, 0.29) is 11.2 Å². The Balaban J connectivity index is 1.96. The fraction of sp³-hybridized carbons (Fsp3) is 0.194. The molecule has 0 amide bonds. The first-order valence-electron chi connectivity index (χ1n) is 11.6. The Morgan fingerprint density at radius 2 is 1.34 bits per heavy atom. The molecule has 0 saturated carbocycles. The van der Waals surface area contributed by atoms with E-state index >= 15 is 0 Å². The molecule has 0 saturated heterocycles. The van der Waals surface area contributed by atoms with Crippen molar-refractivity contribution in [2.24, 2.45) is 5.41 Å². The first-order valence-corrected chi connectivity index (χ1v) is 11.6. The fourth-order valence-corrected chi connectivity index (χ4v) is 5.14. The first kappa shape index (κ1) is 23.1. The van der Waals surface area contributed by atoms with E-state index in [4.69, 9.17) is 0 Å². The molecule has 0 fully saturated rings. The van der Waals surface area contributed by atoms with Gasteiger partial charge in [-0.25, -0.2) is 0 Å². The maximum absolute atomic E-state index is 13.9. The number of halogens is 3. The third-order valence-corrected chi connectivity index (χ3v) is 6.85. The molecule has 1 unspecified atom stereocenters. The van der Waals surface area contributed by atoms with Crippen molar-refractivity contribution in [2.75, 3.05) is 0 Å². The van der Waals surface area contributed by atoms with Crippen molar-refractivity contribution in [2.45, 2.75) is 32.4 Å². The van der Waals surface area contributed by atoms with Crippen molar-refractivity contribution < 1.29 is 18.0 Å². The zero-order chi connectivity index (χ0) is 25.0. The second-order valence-corrected chi connectivity index (χ2v) is 10.1. The molecule has 2 aliphatic rings. The summed E-state index contributed by atoms with van der Waals surface area (Å²) in [6.45, 7) is 6.21. The number of carbonyl (C=O) groups excluding carboxylic acids is 1. The van der Waals surface area contributed by atoms with Gasteiger partial charge in [0, 0.05) is 0 Å². The molecule has 1 atom stereocenters. The van der Waals surface area contributed by atoms with Gasteiger partial charge in [-0.15, -0.1) is 0 Å². The fourth-order valence-electron chi connectivity index (χ4n) is 5.14. The number of benzene rings is 3. The van der Waals surface area contributed by atoms with E-state index in [0.717, 1.165) is 28.3 Å². The molecule has 35 heavy (non-hydrogen) atoms. The Hall–Kier alpha value is -3.66. The normalized spacial score (nSPS) is 19.8. The molecule has 3 aromatic carbocycles. The monoisotopic (exact) mass is 470 g/mol. The maximum atomic E-state index is 13.9. The van der Waals surface area contributed by atoms with E-state index in [1.807, 2.05) is 72.8 Å². The predicted octanol–water partition coefficient (Wildman–Crippen LogP) is 8.03. The lowest BCUT2D eigenvalue weighted by atomic mass is 9.66. The van der Waals surface area contributed by atoms with Crippen molar-refractivity contribution in [1.29, 1.82) is 0 Å². The van der Waals surface area contributed by atoms with Gasteiger partial charge in [0.1, 0.15) is 5.41 Å². The third kappa shape index (κ3) is 3.68. The topological polar surface area (TPSA) is 17.1 Å². The van der Waals surface area contributed by atoms with E-state index in [9.17, 15) is 18.0 Å². The number of alkyl halides is 3. The van der Waals surface area contributed by atoms with Crippen LogP contribution in [0.2, 0.25) is 0 Å². The number of carbonyl (C=O) groups is 1. The summed E-state index contributed by atoms with van der Waals surface area (Å²) in [5.74, 6) is -0.156. The molecule has 4 heteroatoms. The number of fused-ring (bicyclic) bond motifs is 2. The second-order valence-electron chi connectivity index (χ2n) is 10.1. The summed E-state index contributed by atoms with van der Waals surface area (Å²) in [5, 5.41) is 0. The van der Waals surface area contributed by atoms with Crippen LogP contribution >= 0.6 is 0 Å². The van der Waals surface area contributed by atoms with Gasteiger partial charge in [-0.2, -0.15) is 13.2 Å². The zero-order valence-corrected chi connectivity index (χ0v) is 19.8. The van der Waals surface area contributed by atoms with Gasteiger partial charge in [0.25, 0.3) is 0 Å². The van der Waals surface area contributed by atoms with Crippen LogP contribution in [0.4, 0.5) is 13.2 Å². The molecule has 1 spiro atoms. The van der Waals surface area contributed by atoms with Crippen LogP contribution in [0, 0.1) is 5.41 Å². The van der Waals surface area contributed by atoms with Crippen LogP contribution in [0.5, 0.6) is 0 Å². The number of allylic oxidation sites excluding steroid dienone is 5. The number of rotatable bonds is 2. The minimum absolute atomic E-state index is 0.156. The smallest absolute Gasteiger partial charge is 0.293 e. The highest BCUT2D eigenvalue weighted by molar-refractivity contribution is 6.22. The largest absolute Gasteiger partial charge is 0.416 e. The Bertz CT molecular complexity index is 1400. The van der Waals surface area contributed by atoms with Crippen molar-refractivity contribution in [3.8, 4) is 0 Å². The van der Waals surface area contributed by atoms with Crippen LogP contribution in [0.25, 0.3) is 11.1 Å². The van der Waals surface area contributed by atoms with Crippen LogP contribution in [-0.2, 0) is 16.4 Å². The van der Waals surface area contributed by atoms with E-state index in [0.29, 0.717) is 16.7 Å². The van der Waals surface area contributed by atoms with Crippen molar-refractivity contribution >= 4 is 16.9 Å². The lowest BCUT2D eigenvalue weighted by Crippen LogP contribution is -2.36. The number of hydrogen-bond acceptors (Lipinski definition) is 1. The van der Waals surface area contributed by atoms with Crippen LogP contribution in [0.15, 0.2) is 103 Å². The number of ketones is 1. The van der Waals surface area contributed by atoms with E-state index in [1.165, 1.54) is 12.1 Å². The molecular weight excluding hydrogens is 445 g/mol. The minimum Gasteiger partial charge on any atom is -0.293 e. The van der Waals surface area contributed by atoms with Gasteiger partial charge in [-0.05, 0) is 62.6 Å².